The predicted molar refractivity (Wildman–Crippen MR) is 171 cm³/mol. The molecule has 0 fully saturated rings. The lowest BCUT2D eigenvalue weighted by atomic mass is 9.88. The zero-order chi connectivity index (χ0) is 28.1. The van der Waals surface area contributed by atoms with Crippen LogP contribution in [0.1, 0.15) is 140 Å². The second kappa shape index (κ2) is 21.3. The lowest BCUT2D eigenvalue weighted by Crippen LogP contribution is -2.34. The number of unbranched alkanes of at least 4 members (excludes halogenated alkanes) is 14. The van der Waals surface area contributed by atoms with Gasteiger partial charge in [-0.15, -0.1) is 0 Å². The van der Waals surface area contributed by atoms with Crippen molar-refractivity contribution in [2.75, 3.05) is 13.1 Å². The van der Waals surface area contributed by atoms with Gasteiger partial charge < -0.3 is 4.90 Å². The fourth-order valence-electron chi connectivity index (χ4n) is 5.36. The first-order chi connectivity index (χ1) is 19.0. The molecule has 0 aromatic heterocycles. The molecular formula is C35H53Cl2NO. The summed E-state index contributed by atoms with van der Waals surface area (Å²) in [5.74, 6) is 0.252. The minimum Gasteiger partial charge on any atom is -0.343 e. The molecule has 0 saturated heterocycles. The van der Waals surface area contributed by atoms with Crippen molar-refractivity contribution < 1.29 is 4.79 Å². The van der Waals surface area contributed by atoms with Crippen molar-refractivity contribution >= 4 is 29.1 Å². The van der Waals surface area contributed by atoms with Crippen molar-refractivity contribution in [1.29, 1.82) is 0 Å². The van der Waals surface area contributed by atoms with E-state index < -0.39 is 0 Å². The fourth-order valence-corrected chi connectivity index (χ4v) is 5.61. The van der Waals surface area contributed by atoms with Crippen LogP contribution in [0.25, 0.3) is 0 Å². The Kier molecular flexibility index (Phi) is 18.4. The van der Waals surface area contributed by atoms with E-state index in [2.05, 4.69) is 43.0 Å². The van der Waals surface area contributed by atoms with Crippen LogP contribution < -0.4 is 0 Å². The number of rotatable bonds is 22. The molecule has 2 aromatic rings. The average Bonchev–Trinajstić information content (AvgIpc) is 2.94. The van der Waals surface area contributed by atoms with Crippen LogP contribution in [0, 0.1) is 0 Å². The molecule has 0 unspecified atom stereocenters. The quantitative estimate of drug-likeness (QED) is 0.128. The minimum absolute atomic E-state index is 0.00772. The van der Waals surface area contributed by atoms with Gasteiger partial charge in [-0.25, -0.2) is 0 Å². The zero-order valence-electron chi connectivity index (χ0n) is 24.7. The molecule has 2 aromatic carbocycles. The maximum atomic E-state index is 13.8. The zero-order valence-corrected chi connectivity index (χ0v) is 26.3. The lowest BCUT2D eigenvalue weighted by Gasteiger charge is -2.26. The van der Waals surface area contributed by atoms with E-state index in [0.717, 1.165) is 37.1 Å². The maximum absolute atomic E-state index is 13.8. The van der Waals surface area contributed by atoms with Gasteiger partial charge in [-0.05, 0) is 48.2 Å². The van der Waals surface area contributed by atoms with Gasteiger partial charge >= 0.3 is 0 Å². The molecule has 218 valence electrons. The van der Waals surface area contributed by atoms with E-state index in [9.17, 15) is 4.79 Å². The first-order valence-corrected chi connectivity index (χ1v) is 16.6. The third-order valence-electron chi connectivity index (χ3n) is 7.84. The Balaban J connectivity index is 1.98. The standard InChI is InChI=1S/C35H53Cl2NO/c1-3-5-7-9-11-13-15-17-27-38(28-18-16-14-12-10-8-6-4-2)35(39)29-34(30-19-23-32(36)24-20-30)31-21-25-33(37)26-22-31/h19-26,34H,3-18,27-29H2,1-2H3. The topological polar surface area (TPSA) is 20.3 Å². The molecule has 2 nitrogen and oxygen atoms in total. The van der Waals surface area contributed by atoms with Gasteiger partial charge in [-0.3, -0.25) is 4.79 Å². The summed E-state index contributed by atoms with van der Waals surface area (Å²) in [7, 11) is 0. The second-order valence-corrected chi connectivity index (χ2v) is 12.1. The Labute approximate surface area is 249 Å². The van der Waals surface area contributed by atoms with Crippen LogP contribution in [0.5, 0.6) is 0 Å². The van der Waals surface area contributed by atoms with E-state index >= 15 is 0 Å². The number of nitrogens with zero attached hydrogens (tertiary/aromatic N) is 1. The normalized spacial score (nSPS) is 11.3. The number of carbonyl (C=O) groups excluding carboxylic acids is 1. The van der Waals surface area contributed by atoms with Gasteiger partial charge in [0, 0.05) is 35.5 Å². The first kappa shape index (κ1) is 33.7. The lowest BCUT2D eigenvalue weighted by molar-refractivity contribution is -0.131. The van der Waals surface area contributed by atoms with Gasteiger partial charge in [0.2, 0.25) is 5.91 Å². The Bertz CT molecular complexity index is 815. The van der Waals surface area contributed by atoms with E-state index in [-0.39, 0.29) is 11.8 Å². The van der Waals surface area contributed by atoms with Gasteiger partial charge in [0.25, 0.3) is 0 Å². The molecule has 0 bridgehead atoms. The number of hydrogen-bond acceptors (Lipinski definition) is 1. The van der Waals surface area contributed by atoms with Gasteiger partial charge in [-0.2, -0.15) is 0 Å². The highest BCUT2D eigenvalue weighted by Crippen LogP contribution is 2.31. The highest BCUT2D eigenvalue weighted by Gasteiger charge is 2.22. The Morgan fingerprint density at radius 1 is 0.564 bits per heavy atom. The van der Waals surface area contributed by atoms with E-state index in [1.807, 2.05) is 24.3 Å². The summed E-state index contributed by atoms with van der Waals surface area (Å²) < 4.78 is 0. The largest absolute Gasteiger partial charge is 0.343 e. The molecule has 0 aliphatic rings. The second-order valence-electron chi connectivity index (χ2n) is 11.2. The van der Waals surface area contributed by atoms with Crippen LogP contribution in [0.3, 0.4) is 0 Å². The van der Waals surface area contributed by atoms with Crippen molar-refractivity contribution in [3.8, 4) is 0 Å². The fraction of sp³-hybridized carbons (Fsp3) is 0.629. The summed E-state index contributed by atoms with van der Waals surface area (Å²) in [6, 6.07) is 15.9. The SMILES string of the molecule is CCCCCCCCCCN(CCCCCCCCCC)C(=O)CC(c1ccc(Cl)cc1)c1ccc(Cl)cc1. The summed E-state index contributed by atoms with van der Waals surface area (Å²) in [5, 5.41) is 1.43. The number of benzene rings is 2. The summed E-state index contributed by atoms with van der Waals surface area (Å²) in [4.78, 5) is 15.9. The first-order valence-electron chi connectivity index (χ1n) is 15.8. The molecule has 0 N–H and O–H groups in total. The van der Waals surface area contributed by atoms with Crippen LogP contribution in [0.15, 0.2) is 48.5 Å². The molecule has 39 heavy (non-hydrogen) atoms. The Hall–Kier alpha value is -1.51. The molecule has 0 heterocycles. The van der Waals surface area contributed by atoms with Crippen LogP contribution in [-0.4, -0.2) is 23.9 Å². The number of hydrogen-bond donors (Lipinski definition) is 0. The van der Waals surface area contributed by atoms with Gasteiger partial charge in [0.15, 0.2) is 0 Å². The molecule has 0 aliphatic heterocycles. The van der Waals surface area contributed by atoms with Crippen molar-refractivity contribution in [1.82, 2.24) is 4.90 Å². The molecule has 0 saturated carbocycles. The van der Waals surface area contributed by atoms with Crippen molar-refractivity contribution in [3.05, 3.63) is 69.7 Å². The van der Waals surface area contributed by atoms with Crippen molar-refractivity contribution in [3.63, 3.8) is 0 Å². The maximum Gasteiger partial charge on any atom is 0.223 e. The van der Waals surface area contributed by atoms with Crippen LogP contribution >= 0.6 is 23.2 Å². The molecular weight excluding hydrogens is 521 g/mol. The summed E-state index contributed by atoms with van der Waals surface area (Å²) in [6.07, 6.45) is 21.0. The average molecular weight is 575 g/mol. The van der Waals surface area contributed by atoms with E-state index in [1.165, 1.54) is 89.9 Å². The van der Waals surface area contributed by atoms with Gasteiger partial charge in [0.05, 0.1) is 0 Å². The van der Waals surface area contributed by atoms with Crippen LogP contribution in [-0.2, 0) is 4.79 Å². The number of amides is 1. The van der Waals surface area contributed by atoms with E-state index in [4.69, 9.17) is 23.2 Å². The van der Waals surface area contributed by atoms with Gasteiger partial charge in [-0.1, -0.05) is 151 Å². The predicted octanol–water partition coefficient (Wildman–Crippen LogP) is 11.6. The highest BCUT2D eigenvalue weighted by atomic mass is 35.5. The monoisotopic (exact) mass is 573 g/mol. The Morgan fingerprint density at radius 2 is 0.897 bits per heavy atom. The molecule has 4 heteroatoms. The molecule has 2 rings (SSSR count). The van der Waals surface area contributed by atoms with Crippen LogP contribution in [0.2, 0.25) is 10.0 Å². The van der Waals surface area contributed by atoms with Gasteiger partial charge in [0.1, 0.15) is 0 Å². The summed E-state index contributed by atoms with van der Waals surface area (Å²) >= 11 is 12.4. The molecule has 0 atom stereocenters. The third kappa shape index (κ3) is 14.6. The molecule has 0 spiro atoms. The van der Waals surface area contributed by atoms with Crippen LogP contribution in [0.4, 0.5) is 0 Å². The Morgan fingerprint density at radius 3 is 1.26 bits per heavy atom. The summed E-state index contributed by atoms with van der Waals surface area (Å²) in [5.41, 5.74) is 2.24. The van der Waals surface area contributed by atoms with E-state index in [0.29, 0.717) is 16.5 Å². The van der Waals surface area contributed by atoms with E-state index in [1.54, 1.807) is 0 Å². The molecule has 1 amide bonds. The molecule has 0 aliphatic carbocycles. The third-order valence-corrected chi connectivity index (χ3v) is 8.34. The highest BCUT2D eigenvalue weighted by molar-refractivity contribution is 6.30. The van der Waals surface area contributed by atoms with Crippen molar-refractivity contribution in [2.24, 2.45) is 0 Å². The summed E-state index contributed by atoms with van der Waals surface area (Å²) in [6.45, 7) is 6.28. The minimum atomic E-state index is -0.00772. The number of halogens is 2. The number of carbonyl (C=O) groups is 1. The molecule has 0 radical (unpaired) electrons. The van der Waals surface area contributed by atoms with Crippen molar-refractivity contribution in [2.45, 2.75) is 129 Å². The smallest absolute Gasteiger partial charge is 0.223 e.